The van der Waals surface area contributed by atoms with Crippen molar-refractivity contribution >= 4 is 5.97 Å². The number of likely N-dealkylation sites (N-methyl/N-ethyl adjacent to an activating group) is 1. The number of rotatable bonds is 5. The zero-order chi connectivity index (χ0) is 10.4. The minimum absolute atomic E-state index is 0.116. The summed E-state index contributed by atoms with van der Waals surface area (Å²) in [5, 5.41) is 3.33. The molecule has 1 N–H and O–H groups in total. The van der Waals surface area contributed by atoms with E-state index < -0.39 is 0 Å². The minimum atomic E-state index is -0.116. The predicted octanol–water partition coefficient (Wildman–Crippen LogP) is 0.233. The second-order valence-corrected chi connectivity index (χ2v) is 3.60. The maximum absolute atomic E-state index is 11.0. The highest BCUT2D eigenvalue weighted by atomic mass is 16.5. The van der Waals surface area contributed by atoms with E-state index in [0.29, 0.717) is 12.5 Å². The molecule has 1 unspecified atom stereocenters. The molecule has 1 aliphatic rings. The van der Waals surface area contributed by atoms with Crippen molar-refractivity contribution in [3.63, 3.8) is 0 Å². The second kappa shape index (κ2) is 5.98. The summed E-state index contributed by atoms with van der Waals surface area (Å²) in [5.74, 6) is -0.116. The van der Waals surface area contributed by atoms with Gasteiger partial charge in [0.2, 0.25) is 0 Å². The van der Waals surface area contributed by atoms with Crippen LogP contribution < -0.4 is 5.32 Å². The van der Waals surface area contributed by atoms with Crippen LogP contribution in [0.15, 0.2) is 0 Å². The van der Waals surface area contributed by atoms with Crippen LogP contribution in [0.5, 0.6) is 0 Å². The van der Waals surface area contributed by atoms with Crippen LogP contribution in [0.4, 0.5) is 0 Å². The monoisotopic (exact) mass is 200 g/mol. The standard InChI is InChI=1S/C10H20N2O2/c1-3-12(7-5-10(13)14-2)9-4-6-11-8-9/h9,11H,3-8H2,1-2H3. The first-order valence-electron chi connectivity index (χ1n) is 5.29. The Bertz CT molecular complexity index is 179. The molecule has 0 saturated carbocycles. The summed E-state index contributed by atoms with van der Waals surface area (Å²) in [7, 11) is 1.44. The lowest BCUT2D eigenvalue weighted by atomic mass is 10.2. The highest BCUT2D eigenvalue weighted by Crippen LogP contribution is 2.08. The number of hydrogen-bond donors (Lipinski definition) is 1. The number of nitrogens with zero attached hydrogens (tertiary/aromatic N) is 1. The Balaban J connectivity index is 2.27. The summed E-state index contributed by atoms with van der Waals surface area (Å²) in [6.45, 7) is 6.10. The van der Waals surface area contributed by atoms with E-state index in [9.17, 15) is 4.79 Å². The third kappa shape index (κ3) is 3.27. The van der Waals surface area contributed by atoms with Crippen molar-refractivity contribution in [1.29, 1.82) is 0 Å². The maximum atomic E-state index is 11.0. The van der Waals surface area contributed by atoms with Gasteiger partial charge in [-0.05, 0) is 19.5 Å². The van der Waals surface area contributed by atoms with Crippen molar-refractivity contribution in [1.82, 2.24) is 10.2 Å². The van der Waals surface area contributed by atoms with E-state index in [1.165, 1.54) is 13.5 Å². The van der Waals surface area contributed by atoms with Crippen molar-refractivity contribution in [3.8, 4) is 0 Å². The third-order valence-corrected chi connectivity index (χ3v) is 2.79. The first-order valence-corrected chi connectivity index (χ1v) is 5.29. The van der Waals surface area contributed by atoms with Gasteiger partial charge < -0.3 is 10.1 Å². The van der Waals surface area contributed by atoms with Crippen molar-refractivity contribution < 1.29 is 9.53 Å². The van der Waals surface area contributed by atoms with Crippen LogP contribution in [0.3, 0.4) is 0 Å². The zero-order valence-electron chi connectivity index (χ0n) is 9.08. The summed E-state index contributed by atoms with van der Waals surface area (Å²) in [6, 6.07) is 0.602. The molecule has 0 aromatic rings. The number of nitrogens with one attached hydrogen (secondary N) is 1. The molecule has 1 atom stereocenters. The summed E-state index contributed by atoms with van der Waals surface area (Å²) in [4.78, 5) is 13.3. The average Bonchev–Trinajstić information content (AvgIpc) is 2.72. The number of esters is 1. The molecule has 0 spiro atoms. The van der Waals surface area contributed by atoms with Crippen molar-refractivity contribution in [2.45, 2.75) is 25.8 Å². The Morgan fingerprint density at radius 3 is 2.93 bits per heavy atom. The number of ether oxygens (including phenoxy) is 1. The molecule has 1 fully saturated rings. The highest BCUT2D eigenvalue weighted by Gasteiger charge is 2.21. The van der Waals surface area contributed by atoms with Crippen LogP contribution in [0.1, 0.15) is 19.8 Å². The van der Waals surface area contributed by atoms with E-state index in [1.54, 1.807) is 0 Å². The summed E-state index contributed by atoms with van der Waals surface area (Å²) >= 11 is 0. The fraction of sp³-hybridized carbons (Fsp3) is 0.900. The van der Waals surface area contributed by atoms with Gasteiger partial charge in [-0.15, -0.1) is 0 Å². The molecule has 0 aromatic heterocycles. The fourth-order valence-electron chi connectivity index (χ4n) is 1.89. The Labute approximate surface area is 85.6 Å². The molecule has 1 heterocycles. The van der Waals surface area contributed by atoms with Gasteiger partial charge in [-0.2, -0.15) is 0 Å². The van der Waals surface area contributed by atoms with Crippen LogP contribution in [-0.2, 0) is 9.53 Å². The second-order valence-electron chi connectivity index (χ2n) is 3.60. The molecular weight excluding hydrogens is 180 g/mol. The van der Waals surface area contributed by atoms with Crippen LogP contribution in [0.2, 0.25) is 0 Å². The Hall–Kier alpha value is -0.610. The van der Waals surface area contributed by atoms with Crippen molar-refractivity contribution in [2.75, 3.05) is 33.3 Å². The molecule has 1 aliphatic heterocycles. The minimum Gasteiger partial charge on any atom is -0.469 e. The van der Waals surface area contributed by atoms with Gasteiger partial charge in [-0.25, -0.2) is 0 Å². The Morgan fingerprint density at radius 2 is 2.43 bits per heavy atom. The molecule has 1 saturated heterocycles. The van der Waals surface area contributed by atoms with E-state index in [4.69, 9.17) is 0 Å². The van der Waals surface area contributed by atoms with Crippen molar-refractivity contribution in [3.05, 3.63) is 0 Å². The van der Waals surface area contributed by atoms with E-state index in [1.807, 2.05) is 0 Å². The molecule has 0 aliphatic carbocycles. The lowest BCUT2D eigenvalue weighted by Crippen LogP contribution is -2.38. The first kappa shape index (κ1) is 11.5. The Kier molecular flexibility index (Phi) is 4.90. The number of methoxy groups -OCH3 is 1. The highest BCUT2D eigenvalue weighted by molar-refractivity contribution is 5.69. The quantitative estimate of drug-likeness (QED) is 0.645. The summed E-state index contributed by atoms with van der Waals surface area (Å²) in [6.07, 6.45) is 1.69. The third-order valence-electron chi connectivity index (χ3n) is 2.79. The Morgan fingerprint density at radius 1 is 1.64 bits per heavy atom. The van der Waals surface area contributed by atoms with Crippen LogP contribution in [0, 0.1) is 0 Å². The molecule has 0 bridgehead atoms. The van der Waals surface area contributed by atoms with Crippen LogP contribution >= 0.6 is 0 Å². The van der Waals surface area contributed by atoms with Crippen LogP contribution in [-0.4, -0.2) is 50.2 Å². The summed E-state index contributed by atoms with van der Waals surface area (Å²) < 4.78 is 4.63. The van der Waals surface area contributed by atoms with E-state index in [2.05, 4.69) is 21.9 Å². The molecule has 82 valence electrons. The number of hydrogen-bond acceptors (Lipinski definition) is 4. The molecule has 0 amide bonds. The zero-order valence-corrected chi connectivity index (χ0v) is 9.08. The van der Waals surface area contributed by atoms with Gasteiger partial charge in [0, 0.05) is 19.1 Å². The van der Waals surface area contributed by atoms with Gasteiger partial charge >= 0.3 is 5.97 Å². The van der Waals surface area contributed by atoms with Gasteiger partial charge in [0.1, 0.15) is 0 Å². The predicted molar refractivity (Wildman–Crippen MR) is 55.2 cm³/mol. The molecule has 14 heavy (non-hydrogen) atoms. The smallest absolute Gasteiger partial charge is 0.306 e. The van der Waals surface area contributed by atoms with Gasteiger partial charge in [0.15, 0.2) is 0 Å². The average molecular weight is 200 g/mol. The van der Waals surface area contributed by atoms with Crippen molar-refractivity contribution in [2.24, 2.45) is 0 Å². The normalized spacial score (nSPS) is 21.5. The molecule has 0 radical (unpaired) electrons. The number of carbonyl (C=O) groups is 1. The number of carbonyl (C=O) groups excluding carboxylic acids is 1. The van der Waals surface area contributed by atoms with E-state index in [-0.39, 0.29) is 5.97 Å². The molecular formula is C10H20N2O2. The maximum Gasteiger partial charge on any atom is 0.306 e. The van der Waals surface area contributed by atoms with E-state index in [0.717, 1.165) is 26.2 Å². The van der Waals surface area contributed by atoms with Crippen LogP contribution in [0.25, 0.3) is 0 Å². The lowest BCUT2D eigenvalue weighted by molar-refractivity contribution is -0.141. The van der Waals surface area contributed by atoms with Gasteiger partial charge in [-0.1, -0.05) is 6.92 Å². The molecule has 4 nitrogen and oxygen atoms in total. The molecule has 0 aromatic carbocycles. The van der Waals surface area contributed by atoms with Gasteiger partial charge in [0.05, 0.1) is 13.5 Å². The van der Waals surface area contributed by atoms with E-state index >= 15 is 0 Å². The first-order chi connectivity index (χ1) is 6.77. The molecule has 4 heteroatoms. The SMILES string of the molecule is CCN(CCC(=O)OC)C1CCNC1. The topological polar surface area (TPSA) is 41.6 Å². The largest absolute Gasteiger partial charge is 0.469 e. The fourth-order valence-corrected chi connectivity index (χ4v) is 1.89. The van der Waals surface area contributed by atoms with Gasteiger partial charge in [0.25, 0.3) is 0 Å². The van der Waals surface area contributed by atoms with Gasteiger partial charge in [-0.3, -0.25) is 9.69 Å². The molecule has 1 rings (SSSR count). The summed E-state index contributed by atoms with van der Waals surface area (Å²) in [5.41, 5.74) is 0. The lowest BCUT2D eigenvalue weighted by Gasteiger charge is -2.26.